The summed E-state index contributed by atoms with van der Waals surface area (Å²) in [6.45, 7) is 2.19. The highest BCUT2D eigenvalue weighted by Crippen LogP contribution is 2.23. The number of pyridine rings is 1. The highest BCUT2D eigenvalue weighted by Gasteiger charge is 2.10. The van der Waals surface area contributed by atoms with E-state index < -0.39 is 5.91 Å². The van der Waals surface area contributed by atoms with Crippen molar-refractivity contribution in [2.75, 3.05) is 11.9 Å². The minimum absolute atomic E-state index is 0.185. The van der Waals surface area contributed by atoms with Crippen molar-refractivity contribution in [2.24, 2.45) is 0 Å². The lowest BCUT2D eigenvalue weighted by molar-refractivity contribution is -0.118. The second-order valence-electron chi connectivity index (χ2n) is 5.45. The van der Waals surface area contributed by atoms with Crippen molar-refractivity contribution >= 4 is 22.5 Å². The van der Waals surface area contributed by atoms with Crippen molar-refractivity contribution in [3.8, 4) is 5.75 Å². The molecule has 0 aliphatic carbocycles. The number of fused-ring (bicyclic) bond motifs is 1. The zero-order valence-electron chi connectivity index (χ0n) is 13.7. The number of aromatic nitrogens is 1. The Morgan fingerprint density at radius 3 is 2.60 bits per heavy atom. The number of hydrogen-bond acceptors (Lipinski definition) is 3. The molecule has 1 amide bonds. The smallest absolute Gasteiger partial charge is 0.262 e. The predicted molar refractivity (Wildman–Crippen MR) is 94.4 cm³/mol. The van der Waals surface area contributed by atoms with E-state index in [9.17, 15) is 14.0 Å². The number of carbonyl (C=O) groups excluding carboxylic acids is 1. The molecular weight excluding hydrogens is 323 g/mol. The minimum atomic E-state index is -0.393. The van der Waals surface area contributed by atoms with E-state index >= 15 is 0 Å². The number of nitrogens with zero attached hydrogens (tertiary/aromatic N) is 1. The Kier molecular flexibility index (Phi) is 4.79. The summed E-state index contributed by atoms with van der Waals surface area (Å²) in [6, 6.07) is 14.2. The van der Waals surface area contributed by atoms with E-state index in [0.29, 0.717) is 18.0 Å². The maximum absolute atomic E-state index is 12.9. The highest BCUT2D eigenvalue weighted by molar-refractivity contribution is 5.92. The number of amides is 1. The molecule has 128 valence electrons. The van der Waals surface area contributed by atoms with Crippen LogP contribution in [0.25, 0.3) is 10.9 Å². The molecule has 0 saturated carbocycles. The van der Waals surface area contributed by atoms with Crippen LogP contribution >= 0.6 is 0 Å². The van der Waals surface area contributed by atoms with Crippen molar-refractivity contribution in [3.05, 3.63) is 70.8 Å². The van der Waals surface area contributed by atoms with E-state index in [0.717, 1.165) is 10.9 Å². The zero-order valence-corrected chi connectivity index (χ0v) is 13.7. The molecule has 0 fully saturated rings. The highest BCUT2D eigenvalue weighted by atomic mass is 19.1. The maximum Gasteiger partial charge on any atom is 0.262 e. The number of aryl methyl sites for hydroxylation is 1. The average Bonchev–Trinajstić information content (AvgIpc) is 2.62. The number of para-hydroxylation sites is 1. The van der Waals surface area contributed by atoms with Crippen molar-refractivity contribution in [1.29, 1.82) is 0 Å². The first kappa shape index (κ1) is 16.7. The van der Waals surface area contributed by atoms with Gasteiger partial charge in [0.25, 0.3) is 11.5 Å². The molecule has 0 spiro atoms. The third-order valence-electron chi connectivity index (χ3n) is 3.78. The van der Waals surface area contributed by atoms with Gasteiger partial charge >= 0.3 is 0 Å². The average molecular weight is 340 g/mol. The van der Waals surface area contributed by atoms with Crippen LogP contribution in [0.3, 0.4) is 0 Å². The molecular formula is C19H17FN2O3. The van der Waals surface area contributed by atoms with Crippen molar-refractivity contribution in [3.63, 3.8) is 0 Å². The predicted octanol–water partition coefficient (Wildman–Crippen LogP) is 3.18. The van der Waals surface area contributed by atoms with Gasteiger partial charge in [0.1, 0.15) is 11.6 Å². The lowest BCUT2D eigenvalue weighted by atomic mass is 10.2. The lowest BCUT2D eigenvalue weighted by Gasteiger charge is -2.13. The molecule has 0 aliphatic rings. The second kappa shape index (κ2) is 7.17. The molecule has 0 aliphatic heterocycles. The number of halogens is 1. The Morgan fingerprint density at radius 1 is 1.16 bits per heavy atom. The zero-order chi connectivity index (χ0) is 17.8. The van der Waals surface area contributed by atoms with Gasteiger partial charge in [-0.1, -0.05) is 12.1 Å². The van der Waals surface area contributed by atoms with Gasteiger partial charge in [0.05, 0.1) is 5.52 Å². The van der Waals surface area contributed by atoms with Crippen LogP contribution in [0.1, 0.15) is 6.92 Å². The van der Waals surface area contributed by atoms with Crippen LogP contribution in [0, 0.1) is 5.82 Å². The first-order chi connectivity index (χ1) is 12.1. The van der Waals surface area contributed by atoms with Crippen LogP contribution in [-0.2, 0) is 11.3 Å². The van der Waals surface area contributed by atoms with Gasteiger partial charge in [-0.15, -0.1) is 0 Å². The molecule has 1 aromatic heterocycles. The van der Waals surface area contributed by atoms with Crippen molar-refractivity contribution in [2.45, 2.75) is 13.5 Å². The van der Waals surface area contributed by atoms with E-state index in [2.05, 4.69) is 5.32 Å². The fourth-order valence-corrected chi connectivity index (χ4v) is 2.62. The second-order valence-corrected chi connectivity index (χ2v) is 5.45. The van der Waals surface area contributed by atoms with Gasteiger partial charge in [-0.2, -0.15) is 0 Å². The van der Waals surface area contributed by atoms with Gasteiger partial charge in [0.2, 0.25) is 0 Å². The summed E-state index contributed by atoms with van der Waals surface area (Å²) in [7, 11) is 0. The van der Waals surface area contributed by atoms with E-state index in [4.69, 9.17) is 4.74 Å². The Bertz CT molecular complexity index is 965. The molecule has 6 heteroatoms. The van der Waals surface area contributed by atoms with Crippen molar-refractivity contribution < 1.29 is 13.9 Å². The Balaban J connectivity index is 1.78. The van der Waals surface area contributed by atoms with Gasteiger partial charge in [-0.25, -0.2) is 4.39 Å². The normalized spacial score (nSPS) is 10.6. The summed E-state index contributed by atoms with van der Waals surface area (Å²) in [6.07, 6.45) is 0. The van der Waals surface area contributed by atoms with Gasteiger partial charge in [-0.3, -0.25) is 9.59 Å². The molecule has 0 bridgehead atoms. The van der Waals surface area contributed by atoms with E-state index in [1.807, 2.05) is 31.2 Å². The Labute approximate surface area is 143 Å². The lowest BCUT2D eigenvalue weighted by Crippen LogP contribution is -2.22. The number of hydrogen-bond donors (Lipinski definition) is 1. The summed E-state index contributed by atoms with van der Waals surface area (Å²) in [4.78, 5) is 24.2. The fourth-order valence-electron chi connectivity index (χ4n) is 2.62. The molecule has 25 heavy (non-hydrogen) atoms. The number of anilines is 1. The number of rotatable bonds is 5. The van der Waals surface area contributed by atoms with Crippen LogP contribution in [0.15, 0.2) is 59.4 Å². The van der Waals surface area contributed by atoms with Crippen LogP contribution in [0.2, 0.25) is 0 Å². The van der Waals surface area contributed by atoms with Gasteiger partial charge in [0, 0.05) is 23.7 Å². The monoisotopic (exact) mass is 340 g/mol. The topological polar surface area (TPSA) is 60.3 Å². The summed E-state index contributed by atoms with van der Waals surface area (Å²) in [5.74, 6) is -0.410. The summed E-state index contributed by atoms with van der Waals surface area (Å²) >= 11 is 0. The third-order valence-corrected chi connectivity index (χ3v) is 3.78. The van der Waals surface area contributed by atoms with Crippen LogP contribution in [0.5, 0.6) is 5.75 Å². The van der Waals surface area contributed by atoms with Gasteiger partial charge < -0.3 is 14.6 Å². The molecule has 2 aromatic carbocycles. The molecule has 0 saturated heterocycles. The fraction of sp³-hybridized carbons (Fsp3) is 0.158. The molecule has 5 nitrogen and oxygen atoms in total. The first-order valence-corrected chi connectivity index (χ1v) is 7.89. The van der Waals surface area contributed by atoms with Gasteiger partial charge in [0.15, 0.2) is 6.61 Å². The number of carbonyl (C=O) groups is 1. The number of ether oxygens (including phenoxy) is 1. The first-order valence-electron chi connectivity index (χ1n) is 7.89. The number of benzene rings is 2. The van der Waals surface area contributed by atoms with E-state index in [1.54, 1.807) is 4.57 Å². The standard InChI is InChI=1S/C19H17FN2O3/c1-2-22-16-6-4-3-5-15(16)17(11-19(22)24)25-12-18(23)21-14-9-7-13(20)8-10-14/h3-11H,2,12H2,1H3,(H,21,23). The van der Waals surface area contributed by atoms with Crippen LogP contribution in [0.4, 0.5) is 10.1 Å². The summed E-state index contributed by atoms with van der Waals surface area (Å²) in [5, 5.41) is 3.37. The molecule has 1 heterocycles. The molecule has 0 atom stereocenters. The molecule has 1 N–H and O–H groups in total. The quantitative estimate of drug-likeness (QED) is 0.776. The summed E-state index contributed by atoms with van der Waals surface area (Å²) in [5.41, 5.74) is 1.04. The molecule has 0 radical (unpaired) electrons. The summed E-state index contributed by atoms with van der Waals surface area (Å²) < 4.78 is 20.1. The van der Waals surface area contributed by atoms with Crippen LogP contribution < -0.4 is 15.6 Å². The van der Waals surface area contributed by atoms with Gasteiger partial charge in [-0.05, 0) is 43.3 Å². The van der Waals surface area contributed by atoms with Crippen molar-refractivity contribution in [1.82, 2.24) is 4.57 Å². The maximum atomic E-state index is 12.9. The largest absolute Gasteiger partial charge is 0.483 e. The van der Waals surface area contributed by atoms with E-state index in [1.165, 1.54) is 30.3 Å². The molecule has 3 aromatic rings. The Hall–Kier alpha value is -3.15. The van der Waals surface area contributed by atoms with E-state index in [-0.39, 0.29) is 18.0 Å². The van der Waals surface area contributed by atoms with Crippen LogP contribution in [-0.4, -0.2) is 17.1 Å². The SMILES string of the molecule is CCn1c(=O)cc(OCC(=O)Nc2ccc(F)cc2)c2ccccc21. The third kappa shape index (κ3) is 3.68. The Morgan fingerprint density at radius 2 is 1.88 bits per heavy atom. The molecule has 3 rings (SSSR count). The number of nitrogens with one attached hydrogen (secondary N) is 1. The minimum Gasteiger partial charge on any atom is -0.483 e. The molecule has 0 unspecified atom stereocenters.